The Labute approximate surface area is 73.8 Å². The molecule has 0 aliphatic carbocycles. The highest BCUT2D eigenvalue weighted by atomic mass is 14.7. The Bertz CT molecular complexity index is 216. The lowest BCUT2D eigenvalue weighted by Crippen LogP contribution is -1.99. The molecule has 1 rings (SSSR count). The number of pyridine rings is 1. The van der Waals surface area contributed by atoms with E-state index in [1.807, 2.05) is 13.1 Å². The van der Waals surface area contributed by atoms with Gasteiger partial charge in [-0.05, 0) is 44.4 Å². The Balaban J connectivity index is 2.37. The lowest BCUT2D eigenvalue weighted by atomic mass is 10.1. The van der Waals surface area contributed by atoms with Gasteiger partial charge in [0.1, 0.15) is 0 Å². The summed E-state index contributed by atoms with van der Waals surface area (Å²) in [6.07, 6.45) is 5.32. The molecular formula is C10H16N2. The first-order valence-corrected chi connectivity index (χ1v) is 4.44. The maximum absolute atomic E-state index is 5.40. The molecule has 0 saturated carbocycles. The van der Waals surface area contributed by atoms with Gasteiger partial charge in [0.05, 0.1) is 0 Å². The number of unbranched alkanes of at least 4 members (excludes halogenated alkanes) is 1. The van der Waals surface area contributed by atoms with Crippen LogP contribution < -0.4 is 5.73 Å². The second-order valence-corrected chi connectivity index (χ2v) is 3.05. The van der Waals surface area contributed by atoms with Gasteiger partial charge in [0, 0.05) is 11.9 Å². The minimum Gasteiger partial charge on any atom is -0.330 e. The summed E-state index contributed by atoms with van der Waals surface area (Å²) in [6.45, 7) is 2.79. The van der Waals surface area contributed by atoms with Crippen LogP contribution in [0.2, 0.25) is 0 Å². The first-order valence-electron chi connectivity index (χ1n) is 4.44. The van der Waals surface area contributed by atoms with E-state index >= 15 is 0 Å². The fraction of sp³-hybridized carbons (Fsp3) is 0.500. The molecule has 0 amide bonds. The molecule has 0 unspecified atom stereocenters. The molecular weight excluding hydrogens is 148 g/mol. The van der Waals surface area contributed by atoms with E-state index in [4.69, 9.17) is 5.73 Å². The third kappa shape index (κ3) is 3.01. The molecule has 0 saturated heterocycles. The molecule has 2 nitrogen and oxygen atoms in total. The van der Waals surface area contributed by atoms with Crippen molar-refractivity contribution < 1.29 is 0 Å². The van der Waals surface area contributed by atoms with Crippen molar-refractivity contribution in [3.8, 4) is 0 Å². The molecule has 1 aromatic heterocycles. The third-order valence-electron chi connectivity index (χ3n) is 1.89. The van der Waals surface area contributed by atoms with Crippen molar-refractivity contribution >= 4 is 0 Å². The van der Waals surface area contributed by atoms with Gasteiger partial charge in [-0.15, -0.1) is 0 Å². The second kappa shape index (κ2) is 4.88. The SMILES string of the molecule is Cc1ccc(CCCCN)cn1. The first kappa shape index (κ1) is 9.20. The Morgan fingerprint density at radius 1 is 1.33 bits per heavy atom. The third-order valence-corrected chi connectivity index (χ3v) is 1.89. The molecule has 66 valence electrons. The van der Waals surface area contributed by atoms with E-state index in [-0.39, 0.29) is 0 Å². The van der Waals surface area contributed by atoms with Gasteiger partial charge in [-0.1, -0.05) is 6.07 Å². The Kier molecular flexibility index (Phi) is 3.74. The van der Waals surface area contributed by atoms with Gasteiger partial charge in [-0.25, -0.2) is 0 Å². The molecule has 0 atom stereocenters. The molecule has 2 N–H and O–H groups in total. The predicted octanol–water partition coefficient (Wildman–Crippen LogP) is 1.67. The van der Waals surface area contributed by atoms with Crippen molar-refractivity contribution in [1.82, 2.24) is 4.98 Å². The van der Waals surface area contributed by atoms with E-state index in [9.17, 15) is 0 Å². The highest BCUT2D eigenvalue weighted by Crippen LogP contribution is 2.03. The number of nitrogens with zero attached hydrogens (tertiary/aromatic N) is 1. The van der Waals surface area contributed by atoms with Crippen LogP contribution >= 0.6 is 0 Å². The van der Waals surface area contributed by atoms with Crippen LogP contribution in [0.3, 0.4) is 0 Å². The standard InChI is InChI=1S/C10H16N2/c1-9-5-6-10(8-12-9)4-2-3-7-11/h5-6,8H,2-4,7,11H2,1H3. The topological polar surface area (TPSA) is 38.9 Å². The molecule has 0 radical (unpaired) electrons. The van der Waals surface area contributed by atoms with Gasteiger partial charge >= 0.3 is 0 Å². The monoisotopic (exact) mass is 164 g/mol. The smallest absolute Gasteiger partial charge is 0.0372 e. The van der Waals surface area contributed by atoms with Crippen molar-refractivity contribution in [3.05, 3.63) is 29.6 Å². The van der Waals surface area contributed by atoms with Crippen molar-refractivity contribution in [2.75, 3.05) is 6.54 Å². The summed E-state index contributed by atoms with van der Waals surface area (Å²) in [5.74, 6) is 0. The Morgan fingerprint density at radius 3 is 2.75 bits per heavy atom. The molecule has 12 heavy (non-hydrogen) atoms. The fourth-order valence-corrected chi connectivity index (χ4v) is 1.12. The van der Waals surface area contributed by atoms with Crippen LogP contribution in [0, 0.1) is 6.92 Å². The van der Waals surface area contributed by atoms with E-state index < -0.39 is 0 Å². The number of aryl methyl sites for hydroxylation is 2. The van der Waals surface area contributed by atoms with Gasteiger partial charge in [0.2, 0.25) is 0 Å². The molecule has 1 heterocycles. The molecule has 0 spiro atoms. The van der Waals surface area contributed by atoms with Gasteiger partial charge in [0.15, 0.2) is 0 Å². The minimum absolute atomic E-state index is 0.791. The number of hydrogen-bond donors (Lipinski definition) is 1. The molecule has 2 heteroatoms. The lowest BCUT2D eigenvalue weighted by Gasteiger charge is -1.99. The number of nitrogens with two attached hydrogens (primary N) is 1. The Morgan fingerprint density at radius 2 is 2.17 bits per heavy atom. The summed E-state index contributed by atoms with van der Waals surface area (Å²) in [5.41, 5.74) is 7.80. The van der Waals surface area contributed by atoms with Crippen LogP contribution in [0.15, 0.2) is 18.3 Å². The van der Waals surface area contributed by atoms with Gasteiger partial charge in [-0.3, -0.25) is 4.98 Å². The van der Waals surface area contributed by atoms with Crippen LogP contribution in [-0.4, -0.2) is 11.5 Å². The quantitative estimate of drug-likeness (QED) is 0.687. The highest BCUT2D eigenvalue weighted by molar-refractivity contribution is 5.12. The van der Waals surface area contributed by atoms with Gasteiger partial charge in [0.25, 0.3) is 0 Å². The maximum Gasteiger partial charge on any atom is 0.0372 e. The van der Waals surface area contributed by atoms with Crippen LogP contribution in [0.25, 0.3) is 0 Å². The van der Waals surface area contributed by atoms with Gasteiger partial charge < -0.3 is 5.73 Å². The molecule has 0 aliphatic rings. The van der Waals surface area contributed by atoms with Crippen molar-refractivity contribution in [3.63, 3.8) is 0 Å². The molecule has 0 bridgehead atoms. The number of hydrogen-bond acceptors (Lipinski definition) is 2. The van der Waals surface area contributed by atoms with Crippen molar-refractivity contribution in [2.24, 2.45) is 5.73 Å². The number of rotatable bonds is 4. The number of aromatic nitrogens is 1. The van der Waals surface area contributed by atoms with Crippen LogP contribution in [0.5, 0.6) is 0 Å². The summed E-state index contributed by atoms with van der Waals surface area (Å²) in [6, 6.07) is 4.19. The molecule has 1 aromatic rings. The summed E-state index contributed by atoms with van der Waals surface area (Å²) in [4.78, 5) is 4.23. The summed E-state index contributed by atoms with van der Waals surface area (Å²) < 4.78 is 0. The van der Waals surface area contributed by atoms with Crippen molar-refractivity contribution in [2.45, 2.75) is 26.2 Å². The van der Waals surface area contributed by atoms with E-state index in [1.54, 1.807) is 0 Å². The Hall–Kier alpha value is -0.890. The zero-order chi connectivity index (χ0) is 8.81. The minimum atomic E-state index is 0.791. The second-order valence-electron chi connectivity index (χ2n) is 3.05. The maximum atomic E-state index is 5.40. The van der Waals surface area contributed by atoms with Gasteiger partial charge in [-0.2, -0.15) is 0 Å². The van der Waals surface area contributed by atoms with Crippen LogP contribution in [-0.2, 0) is 6.42 Å². The van der Waals surface area contributed by atoms with E-state index in [0.29, 0.717) is 0 Å². The average Bonchev–Trinajstić information content (AvgIpc) is 2.09. The summed E-state index contributed by atoms with van der Waals surface area (Å²) >= 11 is 0. The first-order chi connectivity index (χ1) is 5.83. The van der Waals surface area contributed by atoms with E-state index in [1.165, 1.54) is 12.0 Å². The largest absolute Gasteiger partial charge is 0.330 e. The predicted molar refractivity (Wildman–Crippen MR) is 51.0 cm³/mol. The zero-order valence-corrected chi connectivity index (χ0v) is 7.59. The average molecular weight is 164 g/mol. The summed E-state index contributed by atoms with van der Waals surface area (Å²) in [7, 11) is 0. The van der Waals surface area contributed by atoms with Crippen molar-refractivity contribution in [1.29, 1.82) is 0 Å². The molecule has 0 aromatic carbocycles. The summed E-state index contributed by atoms with van der Waals surface area (Å²) in [5, 5.41) is 0. The van der Waals surface area contributed by atoms with E-state index in [2.05, 4.69) is 17.1 Å². The van der Waals surface area contributed by atoms with Crippen LogP contribution in [0.1, 0.15) is 24.1 Å². The lowest BCUT2D eigenvalue weighted by molar-refractivity contribution is 0.742. The normalized spacial score (nSPS) is 10.2. The zero-order valence-electron chi connectivity index (χ0n) is 7.59. The fourth-order valence-electron chi connectivity index (χ4n) is 1.12. The molecule has 0 fully saturated rings. The van der Waals surface area contributed by atoms with Crippen LogP contribution in [0.4, 0.5) is 0 Å². The highest BCUT2D eigenvalue weighted by Gasteiger charge is 1.92. The van der Waals surface area contributed by atoms with E-state index in [0.717, 1.165) is 25.1 Å². The molecule has 0 aliphatic heterocycles.